The minimum absolute atomic E-state index is 0.0154. The molecule has 1 aliphatic rings. The summed E-state index contributed by atoms with van der Waals surface area (Å²) in [5.41, 5.74) is 4.26. The molecule has 0 aliphatic carbocycles. The van der Waals surface area contributed by atoms with Gasteiger partial charge in [0.05, 0.1) is 27.4 Å². The summed E-state index contributed by atoms with van der Waals surface area (Å²) in [7, 11) is 5.00. The number of amides is 1. The van der Waals surface area contributed by atoms with Crippen molar-refractivity contribution in [1.82, 2.24) is 10.2 Å². The predicted octanol–water partition coefficient (Wildman–Crippen LogP) is 5.02. The third-order valence-electron chi connectivity index (χ3n) is 6.74. The van der Waals surface area contributed by atoms with Crippen LogP contribution < -0.4 is 19.5 Å². The summed E-state index contributed by atoms with van der Waals surface area (Å²) >= 11 is 0. The van der Waals surface area contributed by atoms with Gasteiger partial charge in [-0.25, -0.2) is 0 Å². The molecule has 1 heterocycles. The van der Waals surface area contributed by atoms with Crippen LogP contribution in [0.25, 0.3) is 0 Å². The van der Waals surface area contributed by atoms with Gasteiger partial charge in [0, 0.05) is 24.7 Å². The van der Waals surface area contributed by atoms with Gasteiger partial charge in [-0.1, -0.05) is 37.3 Å². The van der Waals surface area contributed by atoms with Crippen LogP contribution >= 0.6 is 0 Å². The molecule has 6 heteroatoms. The predicted molar refractivity (Wildman–Crippen MR) is 137 cm³/mol. The van der Waals surface area contributed by atoms with E-state index in [4.69, 9.17) is 14.2 Å². The molecule has 1 N–H and O–H groups in total. The first-order valence-electron chi connectivity index (χ1n) is 12.1. The molecule has 0 spiro atoms. The highest BCUT2D eigenvalue weighted by Crippen LogP contribution is 2.40. The molecule has 0 saturated heterocycles. The third-order valence-corrected chi connectivity index (χ3v) is 6.74. The summed E-state index contributed by atoms with van der Waals surface area (Å²) in [6.45, 7) is 3.76. The van der Waals surface area contributed by atoms with Crippen LogP contribution in [0.5, 0.6) is 17.2 Å². The number of rotatable bonds is 9. The molecule has 0 saturated carbocycles. The van der Waals surface area contributed by atoms with Crippen molar-refractivity contribution < 1.29 is 19.0 Å². The summed E-state index contributed by atoms with van der Waals surface area (Å²) in [5, 5.41) is 3.32. The van der Waals surface area contributed by atoms with Gasteiger partial charge in [-0.3, -0.25) is 9.69 Å². The summed E-state index contributed by atoms with van der Waals surface area (Å²) in [6, 6.07) is 21.6. The summed E-state index contributed by atoms with van der Waals surface area (Å²) in [4.78, 5) is 15.6. The first kappa shape index (κ1) is 24.6. The van der Waals surface area contributed by atoms with Gasteiger partial charge in [0.2, 0.25) is 0 Å². The van der Waals surface area contributed by atoms with E-state index in [0.717, 1.165) is 37.4 Å². The first-order valence-corrected chi connectivity index (χ1v) is 12.1. The Bertz CT molecular complexity index is 1130. The number of carbonyl (C=O) groups excluding carboxylic acids is 1. The maximum Gasteiger partial charge on any atom is 0.251 e. The lowest BCUT2D eigenvalue weighted by atomic mass is 9.86. The van der Waals surface area contributed by atoms with Gasteiger partial charge in [0.15, 0.2) is 11.5 Å². The minimum Gasteiger partial charge on any atom is -0.497 e. The van der Waals surface area contributed by atoms with Gasteiger partial charge < -0.3 is 19.5 Å². The van der Waals surface area contributed by atoms with Gasteiger partial charge in [-0.15, -0.1) is 0 Å². The molecule has 0 unspecified atom stereocenters. The normalized spacial score (nSPS) is 16.2. The van der Waals surface area contributed by atoms with E-state index >= 15 is 0 Å². The molecule has 4 rings (SSSR count). The van der Waals surface area contributed by atoms with E-state index in [1.807, 2.05) is 42.5 Å². The van der Waals surface area contributed by atoms with Crippen molar-refractivity contribution in [2.45, 2.75) is 38.4 Å². The van der Waals surface area contributed by atoms with Gasteiger partial charge in [-0.2, -0.15) is 0 Å². The smallest absolute Gasteiger partial charge is 0.251 e. The zero-order chi connectivity index (χ0) is 24.8. The molecular formula is C29H34N2O4. The molecule has 35 heavy (non-hydrogen) atoms. The Hall–Kier alpha value is -3.51. The third kappa shape index (κ3) is 5.43. The van der Waals surface area contributed by atoms with E-state index in [1.54, 1.807) is 21.3 Å². The lowest BCUT2D eigenvalue weighted by molar-refractivity contribution is 0.0859. The van der Waals surface area contributed by atoms with E-state index in [9.17, 15) is 4.79 Å². The summed E-state index contributed by atoms with van der Waals surface area (Å²) < 4.78 is 16.5. The van der Waals surface area contributed by atoms with Crippen LogP contribution in [0, 0.1) is 0 Å². The standard InChI is InChI=1S/C29H34N2O4/c1-5-25(30-29(32)21-9-7-6-8-10-21)28-24-18-27(35-4)26(34-3)17-22(24)15-16-31(28)19-20-11-13-23(33-2)14-12-20/h6-14,17-18,25,28H,5,15-16,19H2,1-4H3,(H,30,32)/t25-,28-/m0/s1. The highest BCUT2D eigenvalue weighted by molar-refractivity contribution is 5.94. The molecule has 6 nitrogen and oxygen atoms in total. The van der Waals surface area contributed by atoms with Gasteiger partial charge in [-0.05, 0) is 65.9 Å². The highest BCUT2D eigenvalue weighted by atomic mass is 16.5. The number of hydrogen-bond donors (Lipinski definition) is 1. The number of fused-ring (bicyclic) bond motifs is 1. The molecule has 3 aromatic carbocycles. The van der Waals surface area contributed by atoms with Crippen molar-refractivity contribution in [3.63, 3.8) is 0 Å². The second kappa shape index (κ2) is 11.3. The second-order valence-electron chi connectivity index (χ2n) is 8.77. The fourth-order valence-electron chi connectivity index (χ4n) is 4.89. The number of nitrogens with zero attached hydrogens (tertiary/aromatic N) is 1. The average Bonchev–Trinajstić information content (AvgIpc) is 2.91. The van der Waals surface area contributed by atoms with E-state index in [0.29, 0.717) is 11.3 Å². The number of benzene rings is 3. The summed E-state index contributed by atoms with van der Waals surface area (Å²) in [6.07, 6.45) is 1.68. The molecular weight excluding hydrogens is 440 g/mol. The Morgan fingerprint density at radius 3 is 2.29 bits per heavy atom. The molecule has 0 bridgehead atoms. The van der Waals surface area contributed by atoms with Crippen molar-refractivity contribution in [2.24, 2.45) is 0 Å². The van der Waals surface area contributed by atoms with Crippen LogP contribution in [0.2, 0.25) is 0 Å². The number of hydrogen-bond acceptors (Lipinski definition) is 5. The van der Waals surface area contributed by atoms with Gasteiger partial charge in [0.25, 0.3) is 5.91 Å². The van der Waals surface area contributed by atoms with Crippen molar-refractivity contribution >= 4 is 5.91 Å². The Kier molecular flexibility index (Phi) is 7.93. The van der Waals surface area contributed by atoms with E-state index in [2.05, 4.69) is 41.4 Å². The lowest BCUT2D eigenvalue weighted by Gasteiger charge is -2.42. The number of ether oxygens (including phenoxy) is 3. The summed E-state index contributed by atoms with van der Waals surface area (Å²) in [5.74, 6) is 2.21. The highest BCUT2D eigenvalue weighted by Gasteiger charge is 2.35. The monoisotopic (exact) mass is 474 g/mol. The fourth-order valence-corrected chi connectivity index (χ4v) is 4.89. The van der Waals surface area contributed by atoms with E-state index in [1.165, 1.54) is 16.7 Å². The van der Waals surface area contributed by atoms with Gasteiger partial charge in [0.1, 0.15) is 5.75 Å². The van der Waals surface area contributed by atoms with Crippen molar-refractivity contribution in [2.75, 3.05) is 27.9 Å². The molecule has 1 aliphatic heterocycles. The number of nitrogens with one attached hydrogen (secondary N) is 1. The first-order chi connectivity index (χ1) is 17.1. The van der Waals surface area contributed by atoms with Crippen LogP contribution in [-0.4, -0.2) is 44.7 Å². The maximum absolute atomic E-state index is 13.1. The second-order valence-corrected chi connectivity index (χ2v) is 8.77. The number of carbonyl (C=O) groups is 1. The Labute approximate surface area is 207 Å². The van der Waals surface area contributed by atoms with Crippen LogP contribution in [0.1, 0.15) is 46.4 Å². The van der Waals surface area contributed by atoms with Crippen molar-refractivity contribution in [1.29, 1.82) is 0 Å². The lowest BCUT2D eigenvalue weighted by Crippen LogP contribution is -2.48. The Morgan fingerprint density at radius 2 is 1.66 bits per heavy atom. The van der Waals surface area contributed by atoms with E-state index in [-0.39, 0.29) is 18.0 Å². The SMILES string of the molecule is CC[C@H](NC(=O)c1ccccc1)[C@@H]1c2cc(OC)c(OC)cc2CCN1Cc1ccc(OC)cc1. The zero-order valence-corrected chi connectivity index (χ0v) is 20.9. The minimum atomic E-state index is -0.0851. The van der Waals surface area contributed by atoms with Crippen LogP contribution in [0.3, 0.4) is 0 Å². The van der Waals surface area contributed by atoms with Crippen LogP contribution in [-0.2, 0) is 13.0 Å². The molecule has 3 aromatic rings. The fraction of sp³-hybridized carbons (Fsp3) is 0.345. The molecule has 0 aromatic heterocycles. The molecule has 0 radical (unpaired) electrons. The maximum atomic E-state index is 13.1. The number of methoxy groups -OCH3 is 3. The molecule has 1 amide bonds. The van der Waals surface area contributed by atoms with E-state index < -0.39 is 0 Å². The topological polar surface area (TPSA) is 60.0 Å². The Balaban J connectivity index is 1.70. The van der Waals surface area contributed by atoms with Crippen LogP contribution in [0.4, 0.5) is 0 Å². The zero-order valence-electron chi connectivity index (χ0n) is 20.9. The van der Waals surface area contributed by atoms with Crippen molar-refractivity contribution in [3.05, 3.63) is 89.0 Å². The van der Waals surface area contributed by atoms with Crippen molar-refractivity contribution in [3.8, 4) is 17.2 Å². The largest absolute Gasteiger partial charge is 0.497 e. The van der Waals surface area contributed by atoms with Crippen LogP contribution in [0.15, 0.2) is 66.7 Å². The van der Waals surface area contributed by atoms with Gasteiger partial charge >= 0.3 is 0 Å². The average molecular weight is 475 g/mol. The quantitative estimate of drug-likeness (QED) is 0.472. The Morgan fingerprint density at radius 1 is 0.971 bits per heavy atom. The molecule has 2 atom stereocenters. The molecule has 0 fully saturated rings. The molecule has 184 valence electrons.